The predicted molar refractivity (Wildman–Crippen MR) is 71.9 cm³/mol. The summed E-state index contributed by atoms with van der Waals surface area (Å²) in [6, 6.07) is 4.95. The average Bonchev–Trinajstić information content (AvgIpc) is 2.38. The van der Waals surface area contributed by atoms with Gasteiger partial charge in [-0.3, -0.25) is 0 Å². The number of pyridine rings is 1. The van der Waals surface area contributed by atoms with Crippen LogP contribution in [-0.2, 0) is 0 Å². The third-order valence-corrected chi connectivity index (χ3v) is 2.97. The molecule has 1 heterocycles. The van der Waals surface area contributed by atoms with Gasteiger partial charge in [0.05, 0.1) is 12.5 Å². The van der Waals surface area contributed by atoms with Crippen LogP contribution < -0.4 is 10.1 Å². The first kappa shape index (κ1) is 12.6. The fourth-order valence-electron chi connectivity index (χ4n) is 1.96. The first-order valence-corrected chi connectivity index (χ1v) is 5.93. The molecule has 0 radical (unpaired) electrons. The van der Waals surface area contributed by atoms with E-state index in [9.17, 15) is 4.39 Å². The summed E-state index contributed by atoms with van der Waals surface area (Å²) in [6.45, 7) is 4.07. The fraction of sp³-hybridized carbons (Fsp3) is 0.357. The summed E-state index contributed by atoms with van der Waals surface area (Å²) in [5.41, 5.74) is 2.05. The number of fused-ring (bicyclic) bond motifs is 1. The van der Waals surface area contributed by atoms with Gasteiger partial charge in [0.25, 0.3) is 0 Å². The molecule has 3 nitrogen and oxygen atoms in total. The van der Waals surface area contributed by atoms with Gasteiger partial charge in [-0.05, 0) is 24.1 Å². The molecule has 2 rings (SSSR count). The fourth-order valence-corrected chi connectivity index (χ4v) is 1.96. The molecule has 0 aliphatic heterocycles. The maximum atomic E-state index is 13.9. The maximum Gasteiger partial charge on any atom is 0.149 e. The molecule has 0 aliphatic rings. The van der Waals surface area contributed by atoms with E-state index in [1.54, 1.807) is 13.2 Å². The molecule has 0 saturated heterocycles. The van der Waals surface area contributed by atoms with Crippen molar-refractivity contribution in [2.24, 2.45) is 0 Å². The zero-order valence-corrected chi connectivity index (χ0v) is 11.0. The lowest BCUT2D eigenvalue weighted by molar-refractivity contribution is 0.419. The molecule has 0 atom stereocenters. The average molecular weight is 248 g/mol. The van der Waals surface area contributed by atoms with Crippen LogP contribution in [0.2, 0.25) is 0 Å². The molecule has 96 valence electrons. The van der Waals surface area contributed by atoms with Gasteiger partial charge in [0.15, 0.2) is 0 Å². The largest absolute Gasteiger partial charge is 0.496 e. The lowest BCUT2D eigenvalue weighted by Crippen LogP contribution is -2.01. The zero-order valence-electron chi connectivity index (χ0n) is 11.0. The smallest absolute Gasteiger partial charge is 0.149 e. The number of hydrogen-bond donors (Lipinski definition) is 1. The molecule has 4 heteroatoms. The van der Waals surface area contributed by atoms with Gasteiger partial charge < -0.3 is 10.1 Å². The van der Waals surface area contributed by atoms with Gasteiger partial charge in [-0.15, -0.1) is 0 Å². The van der Waals surface area contributed by atoms with Gasteiger partial charge in [-0.2, -0.15) is 0 Å². The van der Waals surface area contributed by atoms with E-state index in [0.29, 0.717) is 16.7 Å². The van der Waals surface area contributed by atoms with Crippen molar-refractivity contribution in [3.8, 4) is 5.75 Å². The lowest BCUT2D eigenvalue weighted by atomic mass is 10.1. The molecular formula is C14H17FN2O. The quantitative estimate of drug-likeness (QED) is 0.902. The van der Waals surface area contributed by atoms with Crippen LogP contribution in [0.3, 0.4) is 0 Å². The minimum absolute atomic E-state index is 0.243. The second-order valence-corrected chi connectivity index (χ2v) is 4.47. The minimum Gasteiger partial charge on any atom is -0.496 e. The van der Waals surface area contributed by atoms with E-state index in [1.165, 1.54) is 6.07 Å². The van der Waals surface area contributed by atoms with E-state index >= 15 is 0 Å². The molecule has 0 amide bonds. The molecule has 0 fully saturated rings. The van der Waals surface area contributed by atoms with Crippen LogP contribution in [0.15, 0.2) is 18.2 Å². The van der Waals surface area contributed by atoms with Gasteiger partial charge in [0.1, 0.15) is 17.1 Å². The molecule has 1 N–H and O–H groups in total. The van der Waals surface area contributed by atoms with Crippen LogP contribution in [-0.4, -0.2) is 19.1 Å². The summed E-state index contributed by atoms with van der Waals surface area (Å²) < 4.78 is 19.2. The van der Waals surface area contributed by atoms with Gasteiger partial charge in [0.2, 0.25) is 0 Å². The van der Waals surface area contributed by atoms with Crippen molar-refractivity contribution in [1.82, 2.24) is 4.98 Å². The Balaban J connectivity index is 2.86. The number of nitrogens with zero attached hydrogens (tertiary/aromatic N) is 1. The normalized spacial score (nSPS) is 11.0. The molecule has 18 heavy (non-hydrogen) atoms. The second kappa shape index (κ2) is 4.80. The monoisotopic (exact) mass is 248 g/mol. The summed E-state index contributed by atoms with van der Waals surface area (Å²) in [4.78, 5) is 4.40. The Hall–Kier alpha value is -1.84. The third kappa shape index (κ3) is 1.98. The number of halogens is 1. The summed E-state index contributed by atoms with van der Waals surface area (Å²) in [5.74, 6) is 0.537. The van der Waals surface area contributed by atoms with Crippen LogP contribution >= 0.6 is 0 Å². The molecule has 0 bridgehead atoms. The molecular weight excluding hydrogens is 231 g/mol. The lowest BCUT2D eigenvalue weighted by Gasteiger charge is -2.14. The Morgan fingerprint density at radius 1 is 1.33 bits per heavy atom. The third-order valence-electron chi connectivity index (χ3n) is 2.97. The number of rotatable bonds is 3. The number of benzene rings is 1. The number of hydrogen-bond acceptors (Lipinski definition) is 3. The van der Waals surface area contributed by atoms with E-state index in [2.05, 4.69) is 10.3 Å². The highest BCUT2D eigenvalue weighted by molar-refractivity contribution is 5.97. The Kier molecular flexibility index (Phi) is 3.36. The van der Waals surface area contributed by atoms with Crippen LogP contribution in [0, 0.1) is 5.82 Å². The Bertz CT molecular complexity index is 582. The summed E-state index contributed by atoms with van der Waals surface area (Å²) in [7, 11) is 3.38. The molecule has 0 saturated carbocycles. The van der Waals surface area contributed by atoms with Gasteiger partial charge in [-0.1, -0.05) is 13.8 Å². The van der Waals surface area contributed by atoms with E-state index < -0.39 is 0 Å². The van der Waals surface area contributed by atoms with Gasteiger partial charge in [-0.25, -0.2) is 9.37 Å². The van der Waals surface area contributed by atoms with E-state index in [4.69, 9.17) is 4.74 Å². The number of methoxy groups -OCH3 is 1. The Morgan fingerprint density at radius 2 is 2.06 bits per heavy atom. The molecule has 0 spiro atoms. The maximum absolute atomic E-state index is 13.9. The molecule has 0 aliphatic carbocycles. The highest BCUT2D eigenvalue weighted by Gasteiger charge is 2.14. The first-order valence-electron chi connectivity index (χ1n) is 5.93. The molecule has 0 unspecified atom stereocenters. The SMILES string of the molecule is CNc1cc(C(C)C)nc2c(F)ccc(OC)c12. The standard InChI is InChI=1S/C14H17FN2O/c1-8(2)10-7-11(16-3)13-12(18-4)6-5-9(15)14(13)17-10/h5-8H,1-4H3,(H,16,17). The van der Waals surface area contributed by atoms with E-state index in [1.807, 2.05) is 27.0 Å². The van der Waals surface area contributed by atoms with Crippen molar-refractivity contribution in [1.29, 1.82) is 0 Å². The molecule has 1 aromatic heterocycles. The Labute approximate surface area is 106 Å². The Morgan fingerprint density at radius 3 is 2.61 bits per heavy atom. The zero-order chi connectivity index (χ0) is 13.3. The highest BCUT2D eigenvalue weighted by atomic mass is 19.1. The van der Waals surface area contributed by atoms with Gasteiger partial charge in [0, 0.05) is 18.4 Å². The van der Waals surface area contributed by atoms with Crippen LogP contribution in [0.25, 0.3) is 10.9 Å². The van der Waals surface area contributed by atoms with E-state index in [0.717, 1.165) is 11.4 Å². The number of ether oxygens (including phenoxy) is 1. The number of nitrogens with one attached hydrogen (secondary N) is 1. The van der Waals surface area contributed by atoms with Crippen LogP contribution in [0.4, 0.5) is 10.1 Å². The molecule has 1 aromatic carbocycles. The van der Waals surface area contributed by atoms with Crippen molar-refractivity contribution in [2.45, 2.75) is 19.8 Å². The van der Waals surface area contributed by atoms with Crippen LogP contribution in [0.1, 0.15) is 25.5 Å². The van der Waals surface area contributed by atoms with Crippen molar-refractivity contribution < 1.29 is 9.13 Å². The second-order valence-electron chi connectivity index (χ2n) is 4.47. The number of anilines is 1. The van der Waals surface area contributed by atoms with Crippen molar-refractivity contribution in [3.05, 3.63) is 29.7 Å². The highest BCUT2D eigenvalue weighted by Crippen LogP contribution is 2.34. The first-order chi connectivity index (χ1) is 8.58. The molecule has 2 aromatic rings. The minimum atomic E-state index is -0.329. The topological polar surface area (TPSA) is 34.2 Å². The van der Waals surface area contributed by atoms with E-state index in [-0.39, 0.29) is 11.7 Å². The predicted octanol–water partition coefficient (Wildman–Crippen LogP) is 3.55. The van der Waals surface area contributed by atoms with Crippen molar-refractivity contribution in [2.75, 3.05) is 19.5 Å². The summed E-state index contributed by atoms with van der Waals surface area (Å²) >= 11 is 0. The summed E-state index contributed by atoms with van der Waals surface area (Å²) in [5, 5.41) is 3.77. The van der Waals surface area contributed by atoms with Crippen molar-refractivity contribution in [3.63, 3.8) is 0 Å². The number of aromatic nitrogens is 1. The van der Waals surface area contributed by atoms with Crippen molar-refractivity contribution >= 4 is 16.6 Å². The summed E-state index contributed by atoms with van der Waals surface area (Å²) in [6.07, 6.45) is 0. The van der Waals surface area contributed by atoms with Crippen LogP contribution in [0.5, 0.6) is 5.75 Å². The van der Waals surface area contributed by atoms with Gasteiger partial charge >= 0.3 is 0 Å².